The minimum Gasteiger partial charge on any atom is -0.368 e. The van der Waals surface area contributed by atoms with E-state index in [1.807, 2.05) is 6.92 Å². The van der Waals surface area contributed by atoms with Crippen LogP contribution in [-0.2, 0) is 6.18 Å². The summed E-state index contributed by atoms with van der Waals surface area (Å²) in [6, 6.07) is 2.60. The van der Waals surface area contributed by atoms with Crippen molar-refractivity contribution in [2.75, 3.05) is 24.5 Å². The number of hydrogen-bond donors (Lipinski definition) is 1. The van der Waals surface area contributed by atoms with Gasteiger partial charge in [0, 0.05) is 19.6 Å². The molecule has 0 aliphatic heterocycles. The summed E-state index contributed by atoms with van der Waals surface area (Å²) in [5, 5.41) is 0. The standard InChI is InChI=1S/C13H18F4N2/c1-2-3-7-19(8-6-18)12-5-4-10(9-11(12)14)13(15,16)17/h4-5,9H,2-3,6-8,18H2,1H3. The van der Waals surface area contributed by atoms with Gasteiger partial charge in [-0.3, -0.25) is 0 Å². The molecule has 0 saturated heterocycles. The molecular formula is C13H18F4N2. The van der Waals surface area contributed by atoms with E-state index >= 15 is 0 Å². The highest BCUT2D eigenvalue weighted by molar-refractivity contribution is 5.49. The Hall–Kier alpha value is -1.30. The Morgan fingerprint density at radius 2 is 1.89 bits per heavy atom. The number of alkyl halides is 3. The number of nitrogens with two attached hydrogens (primary N) is 1. The SMILES string of the molecule is CCCCN(CCN)c1ccc(C(F)(F)F)cc1F. The fourth-order valence-electron chi connectivity index (χ4n) is 1.80. The molecule has 108 valence electrons. The molecule has 0 aliphatic carbocycles. The second-order valence-electron chi connectivity index (χ2n) is 4.29. The van der Waals surface area contributed by atoms with E-state index in [0.29, 0.717) is 25.7 Å². The maximum absolute atomic E-state index is 13.8. The third-order valence-electron chi connectivity index (χ3n) is 2.80. The van der Waals surface area contributed by atoms with Gasteiger partial charge in [0.1, 0.15) is 5.82 Å². The molecule has 19 heavy (non-hydrogen) atoms. The van der Waals surface area contributed by atoms with Crippen LogP contribution in [0.15, 0.2) is 18.2 Å². The topological polar surface area (TPSA) is 29.3 Å². The van der Waals surface area contributed by atoms with E-state index in [9.17, 15) is 17.6 Å². The van der Waals surface area contributed by atoms with Crippen molar-refractivity contribution in [1.29, 1.82) is 0 Å². The zero-order valence-corrected chi connectivity index (χ0v) is 10.8. The Morgan fingerprint density at radius 3 is 2.37 bits per heavy atom. The normalized spacial score (nSPS) is 11.7. The van der Waals surface area contributed by atoms with E-state index in [0.717, 1.165) is 18.9 Å². The summed E-state index contributed by atoms with van der Waals surface area (Å²) >= 11 is 0. The lowest BCUT2D eigenvalue weighted by Crippen LogP contribution is -2.31. The molecule has 0 aromatic heterocycles. The first-order valence-corrected chi connectivity index (χ1v) is 6.22. The predicted octanol–water partition coefficient (Wildman–Crippen LogP) is 3.41. The number of halogens is 4. The second-order valence-corrected chi connectivity index (χ2v) is 4.29. The van der Waals surface area contributed by atoms with Crippen molar-refractivity contribution in [1.82, 2.24) is 0 Å². The zero-order valence-electron chi connectivity index (χ0n) is 10.8. The third-order valence-corrected chi connectivity index (χ3v) is 2.80. The molecule has 0 fully saturated rings. The Kier molecular flexibility index (Phi) is 5.60. The molecule has 0 spiro atoms. The summed E-state index contributed by atoms with van der Waals surface area (Å²) in [7, 11) is 0. The van der Waals surface area contributed by atoms with E-state index in [2.05, 4.69) is 0 Å². The van der Waals surface area contributed by atoms with Gasteiger partial charge in [0.15, 0.2) is 0 Å². The lowest BCUT2D eigenvalue weighted by atomic mass is 10.1. The van der Waals surface area contributed by atoms with E-state index in [1.54, 1.807) is 4.90 Å². The van der Waals surface area contributed by atoms with Crippen LogP contribution >= 0.6 is 0 Å². The van der Waals surface area contributed by atoms with E-state index in [4.69, 9.17) is 5.73 Å². The summed E-state index contributed by atoms with van der Waals surface area (Å²) in [5.41, 5.74) is 4.64. The zero-order chi connectivity index (χ0) is 14.5. The number of unbranched alkanes of at least 4 members (excludes halogenated alkanes) is 1. The first kappa shape index (κ1) is 15.8. The fourth-order valence-corrected chi connectivity index (χ4v) is 1.80. The average Bonchev–Trinajstić information content (AvgIpc) is 2.33. The van der Waals surface area contributed by atoms with Crippen LogP contribution < -0.4 is 10.6 Å². The lowest BCUT2D eigenvalue weighted by molar-refractivity contribution is -0.137. The number of anilines is 1. The number of nitrogens with zero attached hydrogens (tertiary/aromatic N) is 1. The largest absolute Gasteiger partial charge is 0.416 e. The molecule has 0 atom stereocenters. The van der Waals surface area contributed by atoms with E-state index in [-0.39, 0.29) is 5.69 Å². The Labute approximate surface area is 110 Å². The van der Waals surface area contributed by atoms with Crippen molar-refractivity contribution in [3.63, 3.8) is 0 Å². The number of benzene rings is 1. The molecule has 2 nitrogen and oxygen atoms in total. The van der Waals surface area contributed by atoms with E-state index in [1.165, 1.54) is 6.07 Å². The van der Waals surface area contributed by atoms with Crippen LogP contribution in [0.2, 0.25) is 0 Å². The quantitative estimate of drug-likeness (QED) is 0.808. The second kappa shape index (κ2) is 6.75. The van der Waals surface area contributed by atoms with Gasteiger partial charge in [0.05, 0.1) is 11.3 Å². The monoisotopic (exact) mass is 278 g/mol. The van der Waals surface area contributed by atoms with Crippen molar-refractivity contribution >= 4 is 5.69 Å². The van der Waals surface area contributed by atoms with Crippen molar-refractivity contribution in [2.24, 2.45) is 5.73 Å². The molecular weight excluding hydrogens is 260 g/mol. The summed E-state index contributed by atoms with van der Waals surface area (Å²) in [6.45, 7) is 3.31. The van der Waals surface area contributed by atoms with Gasteiger partial charge in [-0.15, -0.1) is 0 Å². The molecule has 0 unspecified atom stereocenters. The van der Waals surface area contributed by atoms with Crippen molar-refractivity contribution < 1.29 is 17.6 Å². The van der Waals surface area contributed by atoms with Gasteiger partial charge in [-0.05, 0) is 24.6 Å². The van der Waals surface area contributed by atoms with Crippen molar-refractivity contribution in [3.05, 3.63) is 29.6 Å². The minimum absolute atomic E-state index is 0.173. The Bertz CT molecular complexity index is 404. The molecule has 1 rings (SSSR count). The summed E-state index contributed by atoms with van der Waals surface area (Å²) in [5.74, 6) is -0.862. The molecule has 0 amide bonds. The van der Waals surface area contributed by atoms with Gasteiger partial charge < -0.3 is 10.6 Å². The molecule has 6 heteroatoms. The summed E-state index contributed by atoms with van der Waals surface area (Å²) < 4.78 is 51.2. The highest BCUT2D eigenvalue weighted by Crippen LogP contribution is 2.32. The van der Waals surface area contributed by atoms with Gasteiger partial charge >= 0.3 is 6.18 Å². The fraction of sp³-hybridized carbons (Fsp3) is 0.538. The van der Waals surface area contributed by atoms with Crippen LogP contribution in [-0.4, -0.2) is 19.6 Å². The maximum atomic E-state index is 13.8. The van der Waals surface area contributed by atoms with Crippen LogP contribution in [0.4, 0.5) is 23.2 Å². The van der Waals surface area contributed by atoms with Crippen LogP contribution in [0, 0.1) is 5.82 Å². The molecule has 0 saturated carbocycles. The van der Waals surface area contributed by atoms with Gasteiger partial charge in [0.25, 0.3) is 0 Å². The highest BCUT2D eigenvalue weighted by atomic mass is 19.4. The molecule has 0 aliphatic rings. The molecule has 1 aromatic carbocycles. The minimum atomic E-state index is -4.53. The van der Waals surface area contributed by atoms with Gasteiger partial charge in [-0.1, -0.05) is 13.3 Å². The first-order valence-electron chi connectivity index (χ1n) is 6.22. The van der Waals surface area contributed by atoms with Crippen molar-refractivity contribution in [3.8, 4) is 0 Å². The average molecular weight is 278 g/mol. The van der Waals surface area contributed by atoms with Crippen LogP contribution in [0.1, 0.15) is 25.3 Å². The van der Waals surface area contributed by atoms with E-state index < -0.39 is 17.6 Å². The third kappa shape index (κ3) is 4.38. The van der Waals surface area contributed by atoms with Crippen LogP contribution in [0.3, 0.4) is 0 Å². The maximum Gasteiger partial charge on any atom is 0.416 e. The summed E-state index contributed by atoms with van der Waals surface area (Å²) in [4.78, 5) is 1.68. The van der Waals surface area contributed by atoms with Gasteiger partial charge in [-0.2, -0.15) is 13.2 Å². The first-order chi connectivity index (χ1) is 8.90. The Morgan fingerprint density at radius 1 is 1.21 bits per heavy atom. The molecule has 2 N–H and O–H groups in total. The summed E-state index contributed by atoms with van der Waals surface area (Å²) in [6.07, 6.45) is -2.77. The number of rotatable bonds is 6. The highest BCUT2D eigenvalue weighted by Gasteiger charge is 2.31. The molecule has 0 radical (unpaired) electrons. The van der Waals surface area contributed by atoms with Crippen LogP contribution in [0.25, 0.3) is 0 Å². The molecule has 0 bridgehead atoms. The van der Waals surface area contributed by atoms with Gasteiger partial charge in [0.2, 0.25) is 0 Å². The molecule has 0 heterocycles. The van der Waals surface area contributed by atoms with Crippen molar-refractivity contribution in [2.45, 2.75) is 25.9 Å². The van der Waals surface area contributed by atoms with Crippen LogP contribution in [0.5, 0.6) is 0 Å². The van der Waals surface area contributed by atoms with Gasteiger partial charge in [-0.25, -0.2) is 4.39 Å². The lowest BCUT2D eigenvalue weighted by Gasteiger charge is -2.25. The number of hydrogen-bond acceptors (Lipinski definition) is 2. The smallest absolute Gasteiger partial charge is 0.368 e. The molecule has 1 aromatic rings. The Balaban J connectivity index is 2.97. The predicted molar refractivity (Wildman–Crippen MR) is 67.6 cm³/mol.